The van der Waals surface area contributed by atoms with Crippen molar-refractivity contribution in [2.75, 3.05) is 10.6 Å². The molecule has 3 N–H and O–H groups in total. The number of urea groups is 1. The average molecular weight is 418 g/mol. The summed E-state index contributed by atoms with van der Waals surface area (Å²) >= 11 is 6.21. The van der Waals surface area contributed by atoms with Gasteiger partial charge in [-0.05, 0) is 42.5 Å². The maximum absolute atomic E-state index is 12.2. The van der Waals surface area contributed by atoms with Crippen molar-refractivity contribution in [2.45, 2.75) is 0 Å². The molecule has 4 aromatic rings. The highest BCUT2D eigenvalue weighted by atomic mass is 35.5. The van der Waals surface area contributed by atoms with Crippen LogP contribution in [0.5, 0.6) is 0 Å². The molecule has 0 aliphatic carbocycles. The second-order valence-corrected chi connectivity index (χ2v) is 6.74. The van der Waals surface area contributed by atoms with E-state index in [0.29, 0.717) is 27.6 Å². The van der Waals surface area contributed by atoms with Gasteiger partial charge in [-0.1, -0.05) is 41.9 Å². The van der Waals surface area contributed by atoms with Crippen LogP contribution in [0, 0.1) is 0 Å². The van der Waals surface area contributed by atoms with Gasteiger partial charge in [-0.25, -0.2) is 14.8 Å². The maximum Gasteiger partial charge on any atom is 0.326 e. The van der Waals surface area contributed by atoms with E-state index in [4.69, 9.17) is 11.6 Å². The van der Waals surface area contributed by atoms with E-state index in [1.54, 1.807) is 54.6 Å². The molecule has 0 aliphatic rings. The van der Waals surface area contributed by atoms with Crippen molar-refractivity contribution in [3.05, 3.63) is 89.7 Å². The van der Waals surface area contributed by atoms with Gasteiger partial charge >= 0.3 is 6.03 Å². The van der Waals surface area contributed by atoms with Crippen LogP contribution in [0.1, 0.15) is 10.4 Å². The lowest BCUT2D eigenvalue weighted by Crippen LogP contribution is -2.34. The predicted molar refractivity (Wildman–Crippen MR) is 117 cm³/mol. The number of imide groups is 1. The molecule has 7 nitrogen and oxygen atoms in total. The van der Waals surface area contributed by atoms with Crippen LogP contribution >= 0.6 is 11.6 Å². The largest absolute Gasteiger partial charge is 0.338 e. The first-order valence-corrected chi connectivity index (χ1v) is 9.41. The van der Waals surface area contributed by atoms with Gasteiger partial charge in [0.1, 0.15) is 12.1 Å². The van der Waals surface area contributed by atoms with Gasteiger partial charge in [0, 0.05) is 16.6 Å². The third-order valence-electron chi connectivity index (χ3n) is 4.28. The highest BCUT2D eigenvalue weighted by Gasteiger charge is 2.11. The van der Waals surface area contributed by atoms with Crippen LogP contribution in [-0.4, -0.2) is 21.9 Å². The van der Waals surface area contributed by atoms with Crippen LogP contribution in [-0.2, 0) is 0 Å². The van der Waals surface area contributed by atoms with Gasteiger partial charge in [-0.15, -0.1) is 0 Å². The molecule has 0 saturated carbocycles. The molecule has 1 heterocycles. The summed E-state index contributed by atoms with van der Waals surface area (Å²) < 4.78 is 0. The van der Waals surface area contributed by atoms with Gasteiger partial charge in [-0.2, -0.15) is 0 Å². The monoisotopic (exact) mass is 417 g/mol. The number of hydrogen-bond donors (Lipinski definition) is 3. The number of nitrogens with zero attached hydrogens (tertiary/aromatic N) is 2. The highest BCUT2D eigenvalue weighted by molar-refractivity contribution is 6.33. The zero-order valence-electron chi connectivity index (χ0n) is 15.6. The van der Waals surface area contributed by atoms with Crippen LogP contribution < -0.4 is 16.0 Å². The number of rotatable bonds is 4. The number of aromatic nitrogens is 2. The number of carbonyl (C=O) groups is 2. The van der Waals surface area contributed by atoms with Gasteiger partial charge in [0.05, 0.1) is 16.2 Å². The molecule has 0 bridgehead atoms. The second kappa shape index (κ2) is 8.59. The van der Waals surface area contributed by atoms with E-state index in [1.165, 1.54) is 6.33 Å². The van der Waals surface area contributed by atoms with Crippen LogP contribution in [0.25, 0.3) is 10.9 Å². The molecule has 0 fully saturated rings. The third-order valence-corrected chi connectivity index (χ3v) is 4.61. The molecule has 0 saturated heterocycles. The van der Waals surface area contributed by atoms with E-state index in [2.05, 4.69) is 25.9 Å². The SMILES string of the molecule is O=C(NC(=O)c1ccccc1)Nc1ccc2c(Nc3ccccc3Cl)ncnc2c1. The summed E-state index contributed by atoms with van der Waals surface area (Å²) in [6.45, 7) is 0. The van der Waals surface area contributed by atoms with Gasteiger partial charge in [0.25, 0.3) is 5.91 Å². The van der Waals surface area contributed by atoms with E-state index < -0.39 is 11.9 Å². The van der Waals surface area contributed by atoms with Crippen LogP contribution in [0.4, 0.5) is 22.0 Å². The Kier molecular flexibility index (Phi) is 5.54. The summed E-state index contributed by atoms with van der Waals surface area (Å²) in [5.41, 5.74) is 2.23. The first-order chi connectivity index (χ1) is 14.6. The Morgan fingerprint density at radius 3 is 2.43 bits per heavy atom. The molecule has 4 rings (SSSR count). The molecule has 1 aromatic heterocycles. The van der Waals surface area contributed by atoms with E-state index >= 15 is 0 Å². The van der Waals surface area contributed by atoms with Crippen LogP contribution in [0.2, 0.25) is 5.02 Å². The van der Waals surface area contributed by atoms with E-state index in [1.807, 2.05) is 18.2 Å². The van der Waals surface area contributed by atoms with Crippen molar-refractivity contribution in [1.29, 1.82) is 0 Å². The van der Waals surface area contributed by atoms with Gasteiger partial charge in [-0.3, -0.25) is 10.1 Å². The highest BCUT2D eigenvalue weighted by Crippen LogP contribution is 2.28. The first kappa shape index (κ1) is 19.4. The van der Waals surface area contributed by atoms with Crippen molar-refractivity contribution in [3.8, 4) is 0 Å². The summed E-state index contributed by atoms with van der Waals surface area (Å²) in [5.74, 6) is 0.103. The summed E-state index contributed by atoms with van der Waals surface area (Å²) in [4.78, 5) is 32.8. The molecule has 0 radical (unpaired) electrons. The molecule has 8 heteroatoms. The summed E-state index contributed by atoms with van der Waals surface area (Å²) in [7, 11) is 0. The number of anilines is 3. The van der Waals surface area contributed by atoms with Crippen molar-refractivity contribution in [2.24, 2.45) is 0 Å². The zero-order valence-corrected chi connectivity index (χ0v) is 16.4. The lowest BCUT2D eigenvalue weighted by atomic mass is 10.2. The Bertz CT molecular complexity index is 1230. The number of halogens is 1. The molecular formula is C22H16ClN5O2. The Labute approximate surface area is 177 Å². The first-order valence-electron chi connectivity index (χ1n) is 9.04. The normalized spacial score (nSPS) is 10.4. The topological polar surface area (TPSA) is 96.0 Å². The summed E-state index contributed by atoms with van der Waals surface area (Å²) in [5, 5.41) is 9.45. The fourth-order valence-corrected chi connectivity index (χ4v) is 3.03. The maximum atomic E-state index is 12.2. The summed E-state index contributed by atoms with van der Waals surface area (Å²) in [6.07, 6.45) is 1.42. The number of nitrogens with one attached hydrogen (secondary N) is 3. The summed E-state index contributed by atoms with van der Waals surface area (Å²) in [6, 6.07) is 20.4. The smallest absolute Gasteiger partial charge is 0.326 e. The molecule has 30 heavy (non-hydrogen) atoms. The molecule has 3 amide bonds. The molecule has 0 spiro atoms. The second-order valence-electron chi connectivity index (χ2n) is 6.33. The van der Waals surface area contributed by atoms with E-state index in [-0.39, 0.29) is 0 Å². The fourth-order valence-electron chi connectivity index (χ4n) is 2.85. The molecule has 0 unspecified atom stereocenters. The number of para-hydroxylation sites is 1. The van der Waals surface area contributed by atoms with E-state index in [0.717, 1.165) is 11.1 Å². The van der Waals surface area contributed by atoms with Crippen LogP contribution in [0.15, 0.2) is 79.1 Å². The van der Waals surface area contributed by atoms with Crippen molar-refractivity contribution in [1.82, 2.24) is 15.3 Å². The standard InChI is InChI=1S/C22H16ClN5O2/c23-17-8-4-5-9-18(17)27-20-16-11-10-15(12-19(16)24-13-25-20)26-22(30)28-21(29)14-6-2-1-3-7-14/h1-13H,(H,24,25,27)(H2,26,28,29,30). The van der Waals surface area contributed by atoms with Crippen molar-refractivity contribution < 1.29 is 9.59 Å². The minimum atomic E-state index is -0.633. The molecule has 148 valence electrons. The molecule has 0 aliphatic heterocycles. The minimum absolute atomic E-state index is 0.397. The quantitative estimate of drug-likeness (QED) is 0.434. The van der Waals surface area contributed by atoms with E-state index in [9.17, 15) is 9.59 Å². The van der Waals surface area contributed by atoms with Crippen LogP contribution in [0.3, 0.4) is 0 Å². The fraction of sp³-hybridized carbons (Fsp3) is 0. The number of amides is 3. The zero-order chi connectivity index (χ0) is 20.9. The average Bonchev–Trinajstić information content (AvgIpc) is 2.76. The third kappa shape index (κ3) is 4.37. The van der Waals surface area contributed by atoms with Gasteiger partial charge in [0.2, 0.25) is 0 Å². The predicted octanol–water partition coefficient (Wildman–Crippen LogP) is 4.99. The number of hydrogen-bond acceptors (Lipinski definition) is 5. The minimum Gasteiger partial charge on any atom is -0.338 e. The number of carbonyl (C=O) groups excluding carboxylic acids is 2. The number of fused-ring (bicyclic) bond motifs is 1. The Morgan fingerprint density at radius 2 is 1.63 bits per heavy atom. The van der Waals surface area contributed by atoms with Gasteiger partial charge in [0.15, 0.2) is 0 Å². The Balaban J connectivity index is 1.50. The molecule has 3 aromatic carbocycles. The lowest BCUT2D eigenvalue weighted by molar-refractivity contribution is 0.0967. The van der Waals surface area contributed by atoms with Crippen molar-refractivity contribution >= 4 is 51.6 Å². The molecule has 0 atom stereocenters. The Morgan fingerprint density at radius 1 is 0.867 bits per heavy atom. The molecular weight excluding hydrogens is 402 g/mol. The Hall–Kier alpha value is -3.97. The number of benzene rings is 3. The lowest BCUT2D eigenvalue weighted by Gasteiger charge is -2.11. The van der Waals surface area contributed by atoms with Gasteiger partial charge < -0.3 is 10.6 Å². The van der Waals surface area contributed by atoms with Crippen molar-refractivity contribution in [3.63, 3.8) is 0 Å².